The predicted molar refractivity (Wildman–Crippen MR) is 79.4 cm³/mol. The molecule has 0 amide bonds. The van der Waals surface area contributed by atoms with Crippen molar-refractivity contribution in [2.45, 2.75) is 0 Å². The zero-order valence-electron chi connectivity index (χ0n) is 12.4. The summed E-state index contributed by atoms with van der Waals surface area (Å²) in [7, 11) is 3.50. The number of hydrogen-bond acceptors (Lipinski definition) is 6. The van der Waals surface area contributed by atoms with Crippen LogP contribution in [0.3, 0.4) is 0 Å². The highest BCUT2D eigenvalue weighted by Gasteiger charge is 2.17. The van der Waals surface area contributed by atoms with Crippen molar-refractivity contribution in [2.75, 3.05) is 63.4 Å². The number of ether oxygens (including phenoxy) is 2. The van der Waals surface area contributed by atoms with Crippen LogP contribution in [0.1, 0.15) is 10.5 Å². The average molecular weight is 295 g/mol. The van der Waals surface area contributed by atoms with Gasteiger partial charge < -0.3 is 24.4 Å². The molecule has 7 heteroatoms. The average Bonchev–Trinajstić information content (AvgIpc) is 2.53. The standard InChI is InChI=1S/C14H21N3O4/c1-16(3-6-20-2)13-10-11(9-12(15-13)14(18)19)17-4-7-21-8-5-17/h9-10H,3-8H2,1-2H3,(H,18,19). The number of carbonyl (C=O) groups is 1. The second-order valence-electron chi connectivity index (χ2n) is 4.89. The van der Waals surface area contributed by atoms with Crippen LogP contribution in [0.25, 0.3) is 0 Å². The lowest BCUT2D eigenvalue weighted by atomic mass is 10.2. The van der Waals surface area contributed by atoms with Crippen LogP contribution >= 0.6 is 0 Å². The Morgan fingerprint density at radius 3 is 2.81 bits per heavy atom. The number of anilines is 2. The van der Waals surface area contributed by atoms with Gasteiger partial charge in [0.15, 0.2) is 5.69 Å². The smallest absolute Gasteiger partial charge is 0.354 e. The van der Waals surface area contributed by atoms with E-state index in [0.29, 0.717) is 32.2 Å². The molecule has 1 fully saturated rings. The molecule has 1 N–H and O–H groups in total. The molecular formula is C14H21N3O4. The van der Waals surface area contributed by atoms with Gasteiger partial charge >= 0.3 is 5.97 Å². The lowest BCUT2D eigenvalue weighted by molar-refractivity contribution is 0.0690. The summed E-state index contributed by atoms with van der Waals surface area (Å²) >= 11 is 0. The summed E-state index contributed by atoms with van der Waals surface area (Å²) in [6, 6.07) is 3.52. The number of aromatic carboxylic acids is 1. The number of carboxylic acids is 1. The molecule has 7 nitrogen and oxygen atoms in total. The molecule has 1 aromatic heterocycles. The third kappa shape index (κ3) is 4.05. The van der Waals surface area contributed by atoms with E-state index in [1.54, 1.807) is 13.2 Å². The molecule has 0 unspecified atom stereocenters. The Bertz CT molecular complexity index is 489. The van der Waals surface area contributed by atoms with E-state index >= 15 is 0 Å². The second-order valence-corrected chi connectivity index (χ2v) is 4.89. The minimum absolute atomic E-state index is 0.0539. The Morgan fingerprint density at radius 2 is 2.19 bits per heavy atom. The summed E-state index contributed by atoms with van der Waals surface area (Å²) in [5.41, 5.74) is 0.920. The summed E-state index contributed by atoms with van der Waals surface area (Å²) < 4.78 is 10.4. The van der Waals surface area contributed by atoms with Gasteiger partial charge in [-0.3, -0.25) is 0 Å². The van der Waals surface area contributed by atoms with Crippen LogP contribution in [-0.4, -0.2) is 69.7 Å². The van der Waals surface area contributed by atoms with Gasteiger partial charge in [-0.05, 0) is 6.07 Å². The first-order valence-electron chi connectivity index (χ1n) is 6.90. The lowest BCUT2D eigenvalue weighted by Gasteiger charge is -2.30. The Labute approximate surface area is 124 Å². The van der Waals surface area contributed by atoms with Crippen LogP contribution in [0, 0.1) is 0 Å². The van der Waals surface area contributed by atoms with Crippen molar-refractivity contribution >= 4 is 17.5 Å². The van der Waals surface area contributed by atoms with E-state index in [-0.39, 0.29) is 5.69 Å². The minimum atomic E-state index is -1.02. The number of carboxylic acid groups (broad SMARTS) is 1. The number of rotatable bonds is 6. The normalized spacial score (nSPS) is 15.0. The van der Waals surface area contributed by atoms with Crippen LogP contribution in [0.15, 0.2) is 12.1 Å². The molecular weight excluding hydrogens is 274 g/mol. The molecule has 1 aliphatic rings. The van der Waals surface area contributed by atoms with E-state index in [0.717, 1.165) is 18.8 Å². The number of methoxy groups -OCH3 is 1. The molecule has 0 bridgehead atoms. The number of hydrogen-bond donors (Lipinski definition) is 1. The Morgan fingerprint density at radius 1 is 1.48 bits per heavy atom. The number of morpholine rings is 1. The number of pyridine rings is 1. The predicted octanol–water partition coefficient (Wildman–Crippen LogP) is 0.699. The largest absolute Gasteiger partial charge is 0.477 e. The molecule has 1 saturated heterocycles. The first-order valence-corrected chi connectivity index (χ1v) is 6.90. The fourth-order valence-corrected chi connectivity index (χ4v) is 2.15. The summed E-state index contributed by atoms with van der Waals surface area (Å²) in [5, 5.41) is 9.24. The Kier molecular flexibility index (Phi) is 5.35. The highest BCUT2D eigenvalue weighted by atomic mass is 16.5. The molecule has 0 aliphatic carbocycles. The SMILES string of the molecule is COCCN(C)c1cc(N2CCOCC2)cc(C(=O)O)n1. The molecule has 116 valence electrons. The summed E-state index contributed by atoms with van der Waals surface area (Å²) in [6.07, 6.45) is 0. The van der Waals surface area contributed by atoms with Gasteiger partial charge in [-0.15, -0.1) is 0 Å². The number of nitrogens with zero attached hydrogens (tertiary/aromatic N) is 3. The van der Waals surface area contributed by atoms with E-state index in [9.17, 15) is 9.90 Å². The maximum Gasteiger partial charge on any atom is 0.354 e. The van der Waals surface area contributed by atoms with Crippen molar-refractivity contribution in [2.24, 2.45) is 0 Å². The van der Waals surface area contributed by atoms with E-state index in [2.05, 4.69) is 9.88 Å². The van der Waals surface area contributed by atoms with Crippen molar-refractivity contribution < 1.29 is 19.4 Å². The molecule has 1 aliphatic heterocycles. The van der Waals surface area contributed by atoms with Crippen molar-refractivity contribution in [3.8, 4) is 0 Å². The maximum atomic E-state index is 11.3. The van der Waals surface area contributed by atoms with Gasteiger partial charge in [0.05, 0.1) is 19.8 Å². The molecule has 0 spiro atoms. The minimum Gasteiger partial charge on any atom is -0.477 e. The van der Waals surface area contributed by atoms with Crippen molar-refractivity contribution in [1.29, 1.82) is 0 Å². The van der Waals surface area contributed by atoms with Crippen LogP contribution < -0.4 is 9.80 Å². The molecule has 0 aromatic carbocycles. The monoisotopic (exact) mass is 295 g/mol. The van der Waals surface area contributed by atoms with Crippen molar-refractivity contribution in [1.82, 2.24) is 4.98 Å². The Balaban J connectivity index is 2.26. The van der Waals surface area contributed by atoms with Crippen molar-refractivity contribution in [3.05, 3.63) is 17.8 Å². The fraction of sp³-hybridized carbons (Fsp3) is 0.571. The van der Waals surface area contributed by atoms with E-state index in [1.165, 1.54) is 0 Å². The quantitative estimate of drug-likeness (QED) is 0.828. The maximum absolute atomic E-state index is 11.3. The molecule has 0 saturated carbocycles. The summed E-state index contributed by atoms with van der Waals surface area (Å²) in [6.45, 7) is 4.02. The molecule has 0 atom stereocenters. The van der Waals surface area contributed by atoms with Gasteiger partial charge in [0.2, 0.25) is 0 Å². The zero-order valence-corrected chi connectivity index (χ0v) is 12.4. The third-order valence-electron chi connectivity index (χ3n) is 3.41. The highest BCUT2D eigenvalue weighted by Crippen LogP contribution is 2.22. The number of likely N-dealkylation sites (N-methyl/N-ethyl adjacent to an activating group) is 1. The van der Waals surface area contributed by atoms with Gasteiger partial charge in [-0.1, -0.05) is 0 Å². The van der Waals surface area contributed by atoms with E-state index < -0.39 is 5.97 Å². The van der Waals surface area contributed by atoms with Crippen molar-refractivity contribution in [3.63, 3.8) is 0 Å². The van der Waals surface area contributed by atoms with Gasteiger partial charge in [0, 0.05) is 45.5 Å². The second kappa shape index (κ2) is 7.24. The molecule has 2 rings (SSSR count). The molecule has 0 radical (unpaired) electrons. The van der Waals surface area contributed by atoms with Crippen LogP contribution in [0.5, 0.6) is 0 Å². The summed E-state index contributed by atoms with van der Waals surface area (Å²) in [4.78, 5) is 19.5. The lowest BCUT2D eigenvalue weighted by Crippen LogP contribution is -2.36. The molecule has 2 heterocycles. The third-order valence-corrected chi connectivity index (χ3v) is 3.41. The highest BCUT2D eigenvalue weighted by molar-refractivity contribution is 5.87. The summed E-state index contributed by atoms with van der Waals surface area (Å²) in [5.74, 6) is -0.389. The molecule has 1 aromatic rings. The van der Waals surface area contributed by atoms with Crippen LogP contribution in [0.4, 0.5) is 11.5 Å². The topological polar surface area (TPSA) is 75.1 Å². The number of aromatic nitrogens is 1. The Hall–Kier alpha value is -1.86. The van der Waals surface area contributed by atoms with E-state index in [4.69, 9.17) is 9.47 Å². The van der Waals surface area contributed by atoms with Gasteiger partial charge in [-0.2, -0.15) is 0 Å². The first kappa shape index (κ1) is 15.5. The molecule has 21 heavy (non-hydrogen) atoms. The van der Waals surface area contributed by atoms with Crippen LogP contribution in [0.2, 0.25) is 0 Å². The van der Waals surface area contributed by atoms with Crippen LogP contribution in [-0.2, 0) is 9.47 Å². The van der Waals surface area contributed by atoms with Gasteiger partial charge in [-0.25, -0.2) is 9.78 Å². The zero-order chi connectivity index (χ0) is 15.2. The fourth-order valence-electron chi connectivity index (χ4n) is 2.15. The van der Waals surface area contributed by atoms with Gasteiger partial charge in [0.1, 0.15) is 5.82 Å². The van der Waals surface area contributed by atoms with E-state index in [1.807, 2.05) is 18.0 Å². The first-order chi connectivity index (χ1) is 10.1. The van der Waals surface area contributed by atoms with Gasteiger partial charge in [0.25, 0.3) is 0 Å².